The van der Waals surface area contributed by atoms with Gasteiger partial charge in [-0.2, -0.15) is 9.94 Å². The van der Waals surface area contributed by atoms with Crippen molar-refractivity contribution < 1.29 is 9.90 Å². The van der Waals surface area contributed by atoms with Gasteiger partial charge in [0.2, 0.25) is 0 Å². The highest BCUT2D eigenvalue weighted by molar-refractivity contribution is 5.69. The topological polar surface area (TPSA) is 105 Å². The second kappa shape index (κ2) is 4.40. The van der Waals surface area contributed by atoms with Crippen LogP contribution in [0.3, 0.4) is 0 Å². The molecule has 1 aromatic heterocycles. The molecule has 7 nitrogen and oxygen atoms in total. The summed E-state index contributed by atoms with van der Waals surface area (Å²) in [5.41, 5.74) is 1.02. The maximum Gasteiger partial charge on any atom is 0.311 e. The number of carboxylic acids is 1. The molecule has 1 N–H and O–H groups in total. The maximum atomic E-state index is 10.6. The standard InChI is InChI=1S/C10H7N5O2/c11-6-7-2-1-3-8(4-7)15-9(5-10(16)17)12-13-14-15/h1-4H,5H2,(H,16,17). The zero-order chi connectivity index (χ0) is 12.3. The van der Waals surface area contributed by atoms with Crippen LogP contribution >= 0.6 is 0 Å². The minimum absolute atomic E-state index is 0.215. The van der Waals surface area contributed by atoms with Crippen LogP contribution in [0.1, 0.15) is 11.4 Å². The first kappa shape index (κ1) is 10.8. The fraction of sp³-hybridized carbons (Fsp3) is 0.100. The van der Waals surface area contributed by atoms with E-state index in [1.807, 2.05) is 6.07 Å². The van der Waals surface area contributed by atoms with E-state index in [1.54, 1.807) is 24.3 Å². The van der Waals surface area contributed by atoms with Gasteiger partial charge in [0.05, 0.1) is 17.3 Å². The Hall–Kier alpha value is -2.75. The Kier molecular flexibility index (Phi) is 2.79. The summed E-state index contributed by atoms with van der Waals surface area (Å²) >= 11 is 0. The van der Waals surface area contributed by atoms with Crippen LogP contribution in [0.25, 0.3) is 5.69 Å². The van der Waals surface area contributed by atoms with Gasteiger partial charge in [0.1, 0.15) is 6.42 Å². The smallest absolute Gasteiger partial charge is 0.311 e. The molecule has 0 saturated carbocycles. The zero-order valence-electron chi connectivity index (χ0n) is 8.61. The molecule has 0 amide bonds. The molecule has 0 spiro atoms. The Labute approximate surface area is 95.9 Å². The molecule has 0 bridgehead atoms. The van der Waals surface area contributed by atoms with Crippen LogP contribution in [0, 0.1) is 11.3 Å². The first-order chi connectivity index (χ1) is 8.20. The van der Waals surface area contributed by atoms with Gasteiger partial charge in [-0.3, -0.25) is 4.79 Å². The molecule has 0 unspecified atom stereocenters. The molecule has 0 fully saturated rings. The number of hydrogen-bond donors (Lipinski definition) is 1. The van der Waals surface area contributed by atoms with E-state index in [9.17, 15) is 4.79 Å². The van der Waals surface area contributed by atoms with E-state index in [2.05, 4.69) is 15.5 Å². The summed E-state index contributed by atoms with van der Waals surface area (Å²) < 4.78 is 1.30. The second-order valence-electron chi connectivity index (χ2n) is 3.24. The van der Waals surface area contributed by atoms with Gasteiger partial charge < -0.3 is 5.11 Å². The summed E-state index contributed by atoms with van der Waals surface area (Å²) in [7, 11) is 0. The van der Waals surface area contributed by atoms with Crippen LogP contribution in [-0.2, 0) is 11.2 Å². The SMILES string of the molecule is N#Cc1cccc(-n2nnnc2CC(=O)O)c1. The predicted molar refractivity (Wildman–Crippen MR) is 55.2 cm³/mol. The summed E-state index contributed by atoms with van der Waals surface area (Å²) in [6.07, 6.45) is -0.274. The summed E-state index contributed by atoms with van der Waals surface area (Å²) in [4.78, 5) is 10.6. The summed E-state index contributed by atoms with van der Waals surface area (Å²) in [5.74, 6) is -0.801. The number of carbonyl (C=O) groups is 1. The van der Waals surface area contributed by atoms with Crippen molar-refractivity contribution >= 4 is 5.97 Å². The first-order valence-corrected chi connectivity index (χ1v) is 4.70. The van der Waals surface area contributed by atoms with Crippen LogP contribution in [-0.4, -0.2) is 31.3 Å². The van der Waals surface area contributed by atoms with Gasteiger partial charge in [0.15, 0.2) is 5.82 Å². The van der Waals surface area contributed by atoms with Crippen molar-refractivity contribution in [2.24, 2.45) is 0 Å². The number of tetrazole rings is 1. The Morgan fingerprint density at radius 3 is 3.06 bits per heavy atom. The normalized spacial score (nSPS) is 9.82. The van der Waals surface area contributed by atoms with Crippen molar-refractivity contribution in [1.29, 1.82) is 5.26 Å². The number of aromatic nitrogens is 4. The summed E-state index contributed by atoms with van der Waals surface area (Å²) in [6, 6.07) is 8.60. The van der Waals surface area contributed by atoms with Gasteiger partial charge >= 0.3 is 5.97 Å². The quantitative estimate of drug-likeness (QED) is 0.803. The maximum absolute atomic E-state index is 10.6. The number of rotatable bonds is 3. The lowest BCUT2D eigenvalue weighted by atomic mass is 10.2. The minimum Gasteiger partial charge on any atom is -0.481 e. The van der Waals surface area contributed by atoms with E-state index < -0.39 is 5.97 Å². The average Bonchev–Trinajstić information content (AvgIpc) is 2.76. The van der Waals surface area contributed by atoms with Crippen molar-refractivity contribution in [2.75, 3.05) is 0 Å². The Morgan fingerprint density at radius 2 is 2.35 bits per heavy atom. The number of carboxylic acid groups (broad SMARTS) is 1. The molecule has 2 aromatic rings. The summed E-state index contributed by atoms with van der Waals surface area (Å²) in [5, 5.41) is 28.2. The lowest BCUT2D eigenvalue weighted by Gasteiger charge is -2.02. The molecule has 0 aliphatic rings. The molecule has 7 heteroatoms. The number of benzene rings is 1. The zero-order valence-corrected chi connectivity index (χ0v) is 8.61. The predicted octanol–water partition coefficient (Wildman–Crippen LogP) is 0.161. The van der Waals surface area contributed by atoms with Crippen molar-refractivity contribution in [2.45, 2.75) is 6.42 Å². The Morgan fingerprint density at radius 1 is 1.53 bits per heavy atom. The monoisotopic (exact) mass is 229 g/mol. The number of hydrogen-bond acceptors (Lipinski definition) is 5. The number of aliphatic carboxylic acids is 1. The molecule has 2 rings (SSSR count). The van der Waals surface area contributed by atoms with E-state index in [4.69, 9.17) is 10.4 Å². The highest BCUT2D eigenvalue weighted by atomic mass is 16.4. The summed E-state index contributed by atoms with van der Waals surface area (Å²) in [6.45, 7) is 0. The minimum atomic E-state index is -1.02. The molecule has 0 aliphatic carbocycles. The van der Waals surface area contributed by atoms with Crippen LogP contribution in [0.15, 0.2) is 24.3 Å². The largest absolute Gasteiger partial charge is 0.481 e. The molecular formula is C10H7N5O2. The average molecular weight is 229 g/mol. The van der Waals surface area contributed by atoms with Crippen LogP contribution in [0.5, 0.6) is 0 Å². The van der Waals surface area contributed by atoms with Crippen molar-refractivity contribution in [1.82, 2.24) is 20.2 Å². The molecule has 0 aliphatic heterocycles. The Bertz CT molecular complexity index is 599. The van der Waals surface area contributed by atoms with Crippen LogP contribution < -0.4 is 0 Å². The van der Waals surface area contributed by atoms with Gasteiger partial charge in [-0.05, 0) is 28.6 Å². The van der Waals surface area contributed by atoms with Gasteiger partial charge in [0.25, 0.3) is 0 Å². The third kappa shape index (κ3) is 2.26. The van der Waals surface area contributed by atoms with Crippen molar-refractivity contribution in [3.8, 4) is 11.8 Å². The van der Waals surface area contributed by atoms with E-state index in [0.717, 1.165) is 0 Å². The number of nitrogens with zero attached hydrogens (tertiary/aromatic N) is 5. The molecule has 84 valence electrons. The molecule has 17 heavy (non-hydrogen) atoms. The third-order valence-electron chi connectivity index (χ3n) is 2.06. The van der Waals surface area contributed by atoms with E-state index >= 15 is 0 Å². The highest BCUT2D eigenvalue weighted by Gasteiger charge is 2.11. The highest BCUT2D eigenvalue weighted by Crippen LogP contribution is 2.10. The van der Waals surface area contributed by atoms with Gasteiger partial charge in [-0.25, -0.2) is 0 Å². The first-order valence-electron chi connectivity index (χ1n) is 4.70. The van der Waals surface area contributed by atoms with E-state index in [0.29, 0.717) is 11.3 Å². The molecule has 1 aromatic carbocycles. The van der Waals surface area contributed by atoms with Crippen LogP contribution in [0.2, 0.25) is 0 Å². The van der Waals surface area contributed by atoms with Gasteiger partial charge in [-0.1, -0.05) is 6.07 Å². The fourth-order valence-corrected chi connectivity index (χ4v) is 1.36. The Balaban J connectivity index is 2.43. The van der Waals surface area contributed by atoms with Gasteiger partial charge in [0, 0.05) is 0 Å². The molecule has 0 saturated heterocycles. The fourth-order valence-electron chi connectivity index (χ4n) is 1.36. The molecule has 1 heterocycles. The van der Waals surface area contributed by atoms with Crippen LogP contribution in [0.4, 0.5) is 0 Å². The van der Waals surface area contributed by atoms with E-state index in [1.165, 1.54) is 4.68 Å². The van der Waals surface area contributed by atoms with E-state index in [-0.39, 0.29) is 12.2 Å². The number of nitriles is 1. The van der Waals surface area contributed by atoms with Crippen molar-refractivity contribution in [3.63, 3.8) is 0 Å². The second-order valence-corrected chi connectivity index (χ2v) is 3.24. The molecular weight excluding hydrogens is 222 g/mol. The third-order valence-corrected chi connectivity index (χ3v) is 2.06. The lowest BCUT2D eigenvalue weighted by Crippen LogP contribution is -2.09. The molecule has 0 radical (unpaired) electrons. The van der Waals surface area contributed by atoms with Crippen molar-refractivity contribution in [3.05, 3.63) is 35.7 Å². The lowest BCUT2D eigenvalue weighted by molar-refractivity contribution is -0.136. The molecule has 0 atom stereocenters. The van der Waals surface area contributed by atoms with Gasteiger partial charge in [-0.15, -0.1) is 5.10 Å².